The Hall–Kier alpha value is -2.76. The number of benzene rings is 1. The summed E-state index contributed by atoms with van der Waals surface area (Å²) in [5.41, 5.74) is 1.26. The molecule has 0 radical (unpaired) electrons. The quantitative estimate of drug-likeness (QED) is 0.429. The van der Waals surface area contributed by atoms with E-state index >= 15 is 0 Å². The highest BCUT2D eigenvalue weighted by atomic mass is 32.2. The molecule has 3 atom stereocenters. The van der Waals surface area contributed by atoms with Gasteiger partial charge in [-0.3, -0.25) is 9.59 Å². The Labute approximate surface area is 222 Å². The van der Waals surface area contributed by atoms with Crippen LogP contribution in [0.4, 0.5) is 5.00 Å². The van der Waals surface area contributed by atoms with Crippen LogP contribution in [0.5, 0.6) is 0 Å². The van der Waals surface area contributed by atoms with E-state index in [0.717, 1.165) is 29.7 Å². The van der Waals surface area contributed by atoms with Crippen molar-refractivity contribution in [2.24, 2.45) is 11.8 Å². The Morgan fingerprint density at radius 1 is 1.14 bits per heavy atom. The van der Waals surface area contributed by atoms with Gasteiger partial charge in [-0.15, -0.1) is 11.3 Å². The standard InChI is InChI=1S/C26H34N2O7S2/c1-6-34-25(30)21-19-13-12-16(4)14-20(19)36-24(21)27-23(29)17(5)35-26(31)22(15(2)3)28-37(32,33)18-10-8-7-9-11-18/h7-11,15-17,22,28H,6,12-14H2,1-5H3,(H,27,29)/t16-,17-,22+/m1/s1. The normalized spacial score (nSPS) is 17.0. The summed E-state index contributed by atoms with van der Waals surface area (Å²) in [7, 11) is -3.98. The van der Waals surface area contributed by atoms with Crippen molar-refractivity contribution in [2.45, 2.75) is 70.9 Å². The average molecular weight is 551 g/mol. The smallest absolute Gasteiger partial charge is 0.341 e. The van der Waals surface area contributed by atoms with Gasteiger partial charge in [0.25, 0.3) is 5.91 Å². The number of carbonyl (C=O) groups is 3. The summed E-state index contributed by atoms with van der Waals surface area (Å²) in [6.45, 7) is 8.81. The van der Waals surface area contributed by atoms with E-state index in [1.165, 1.54) is 30.4 Å². The Morgan fingerprint density at radius 2 is 1.81 bits per heavy atom. The molecule has 0 unspecified atom stereocenters. The first-order chi connectivity index (χ1) is 17.4. The lowest BCUT2D eigenvalue weighted by molar-refractivity contribution is -0.155. The first-order valence-electron chi connectivity index (χ1n) is 12.3. The van der Waals surface area contributed by atoms with Gasteiger partial charge in [-0.2, -0.15) is 4.72 Å². The third kappa shape index (κ3) is 6.97. The highest BCUT2D eigenvalue weighted by Crippen LogP contribution is 2.40. The first kappa shape index (κ1) is 28.8. The van der Waals surface area contributed by atoms with Gasteiger partial charge in [0.05, 0.1) is 17.1 Å². The molecule has 0 bridgehead atoms. The molecule has 1 amide bonds. The fourth-order valence-electron chi connectivity index (χ4n) is 4.06. The van der Waals surface area contributed by atoms with Gasteiger partial charge in [0.15, 0.2) is 6.10 Å². The fraction of sp³-hybridized carbons (Fsp3) is 0.500. The van der Waals surface area contributed by atoms with Gasteiger partial charge in [-0.05, 0) is 62.6 Å². The second-order valence-corrected chi connectivity index (χ2v) is 12.3. The van der Waals surface area contributed by atoms with Crippen LogP contribution in [0, 0.1) is 11.8 Å². The number of thiophene rings is 1. The summed E-state index contributed by atoms with van der Waals surface area (Å²) in [6.07, 6.45) is 1.24. The van der Waals surface area contributed by atoms with Gasteiger partial charge in [0, 0.05) is 4.88 Å². The number of rotatable bonds is 10. The third-order valence-corrected chi connectivity index (χ3v) is 8.77. The van der Waals surface area contributed by atoms with Crippen LogP contribution in [0.1, 0.15) is 61.8 Å². The number of ether oxygens (including phenoxy) is 2. The minimum absolute atomic E-state index is 0.0155. The molecule has 0 saturated carbocycles. The van der Waals surface area contributed by atoms with Crippen molar-refractivity contribution in [1.29, 1.82) is 0 Å². The topological polar surface area (TPSA) is 128 Å². The van der Waals surface area contributed by atoms with Crippen LogP contribution in [-0.4, -0.2) is 45.0 Å². The second-order valence-electron chi connectivity index (χ2n) is 9.50. The largest absolute Gasteiger partial charge is 0.462 e. The summed E-state index contributed by atoms with van der Waals surface area (Å²) >= 11 is 1.34. The predicted molar refractivity (Wildman–Crippen MR) is 141 cm³/mol. The molecular weight excluding hydrogens is 516 g/mol. The van der Waals surface area contributed by atoms with E-state index in [2.05, 4.69) is 17.0 Å². The van der Waals surface area contributed by atoms with Crippen molar-refractivity contribution in [3.63, 3.8) is 0 Å². The zero-order valence-electron chi connectivity index (χ0n) is 21.7. The lowest BCUT2D eigenvalue weighted by atomic mass is 9.88. The van der Waals surface area contributed by atoms with Gasteiger partial charge >= 0.3 is 11.9 Å². The van der Waals surface area contributed by atoms with Crippen LogP contribution in [0.2, 0.25) is 0 Å². The summed E-state index contributed by atoms with van der Waals surface area (Å²) in [4.78, 5) is 39.7. The molecule has 0 spiro atoms. The number of carbonyl (C=O) groups excluding carboxylic acids is 3. The summed E-state index contributed by atoms with van der Waals surface area (Å²) < 4.78 is 38.5. The number of fused-ring (bicyclic) bond motifs is 1. The summed E-state index contributed by atoms with van der Waals surface area (Å²) in [5.74, 6) is -1.97. The summed E-state index contributed by atoms with van der Waals surface area (Å²) in [5, 5.41) is 3.10. The van der Waals surface area contributed by atoms with Crippen molar-refractivity contribution in [3.05, 3.63) is 46.3 Å². The maximum absolute atomic E-state index is 13.0. The molecular formula is C26H34N2O7S2. The van der Waals surface area contributed by atoms with E-state index in [1.54, 1.807) is 39.0 Å². The SMILES string of the molecule is CCOC(=O)c1c(NC(=O)[C@@H](C)OC(=O)[C@@H](NS(=O)(=O)c2ccccc2)C(C)C)sc2c1CC[C@@H](C)C2. The molecule has 1 aromatic heterocycles. The molecule has 0 fully saturated rings. The van der Waals surface area contributed by atoms with Crippen molar-refractivity contribution in [3.8, 4) is 0 Å². The molecule has 2 N–H and O–H groups in total. The van der Waals surface area contributed by atoms with Gasteiger partial charge in [-0.1, -0.05) is 39.0 Å². The van der Waals surface area contributed by atoms with Crippen molar-refractivity contribution in [1.82, 2.24) is 4.72 Å². The van der Waals surface area contributed by atoms with Crippen molar-refractivity contribution < 1.29 is 32.3 Å². The van der Waals surface area contributed by atoms with Gasteiger partial charge in [-0.25, -0.2) is 13.2 Å². The highest BCUT2D eigenvalue weighted by molar-refractivity contribution is 7.89. The van der Waals surface area contributed by atoms with Crippen LogP contribution in [-0.2, 0) is 41.9 Å². The molecule has 1 aliphatic carbocycles. The van der Waals surface area contributed by atoms with Gasteiger partial charge < -0.3 is 14.8 Å². The lowest BCUT2D eigenvalue weighted by Crippen LogP contribution is -2.47. The molecule has 1 aromatic carbocycles. The lowest BCUT2D eigenvalue weighted by Gasteiger charge is -2.23. The number of amides is 1. The molecule has 11 heteroatoms. The van der Waals surface area contributed by atoms with Crippen molar-refractivity contribution in [2.75, 3.05) is 11.9 Å². The van der Waals surface area contributed by atoms with E-state index in [1.807, 2.05) is 0 Å². The molecule has 3 rings (SSSR count). The highest BCUT2D eigenvalue weighted by Gasteiger charge is 2.33. The van der Waals surface area contributed by atoms with Gasteiger partial charge in [0.2, 0.25) is 10.0 Å². The second kappa shape index (κ2) is 12.2. The Bertz CT molecular complexity index is 1240. The maximum Gasteiger partial charge on any atom is 0.341 e. The van der Waals surface area contributed by atoms with E-state index in [0.29, 0.717) is 16.5 Å². The molecule has 0 aliphatic heterocycles. The molecule has 37 heavy (non-hydrogen) atoms. The molecule has 1 aliphatic rings. The zero-order chi connectivity index (χ0) is 27.3. The molecule has 0 saturated heterocycles. The van der Waals surface area contributed by atoms with Crippen LogP contribution in [0.25, 0.3) is 0 Å². The Morgan fingerprint density at radius 3 is 2.43 bits per heavy atom. The number of sulfonamides is 1. The Kier molecular flexibility index (Phi) is 9.49. The predicted octanol–water partition coefficient (Wildman–Crippen LogP) is 3.92. The Balaban J connectivity index is 1.74. The summed E-state index contributed by atoms with van der Waals surface area (Å²) in [6, 6.07) is 6.49. The number of anilines is 1. The number of hydrogen-bond acceptors (Lipinski definition) is 8. The van der Waals surface area contributed by atoms with E-state index in [9.17, 15) is 22.8 Å². The van der Waals surface area contributed by atoms with Gasteiger partial charge in [0.1, 0.15) is 11.0 Å². The number of nitrogens with one attached hydrogen (secondary N) is 2. The minimum Gasteiger partial charge on any atom is -0.462 e. The van der Waals surface area contributed by atoms with Crippen LogP contribution in [0.3, 0.4) is 0 Å². The maximum atomic E-state index is 13.0. The first-order valence-corrected chi connectivity index (χ1v) is 14.6. The molecule has 9 nitrogen and oxygen atoms in total. The van der Waals surface area contributed by atoms with Crippen LogP contribution in [0.15, 0.2) is 35.2 Å². The fourth-order valence-corrected chi connectivity index (χ4v) is 6.82. The monoisotopic (exact) mass is 550 g/mol. The molecule has 202 valence electrons. The average Bonchev–Trinajstić information content (AvgIpc) is 3.19. The minimum atomic E-state index is -3.98. The third-order valence-electron chi connectivity index (χ3n) is 6.15. The number of esters is 2. The number of hydrogen-bond donors (Lipinski definition) is 2. The van der Waals surface area contributed by atoms with E-state index in [-0.39, 0.29) is 11.5 Å². The molecule has 1 heterocycles. The van der Waals surface area contributed by atoms with Crippen LogP contribution < -0.4 is 10.0 Å². The van der Waals surface area contributed by atoms with Crippen LogP contribution >= 0.6 is 11.3 Å². The molecule has 2 aromatic rings. The van der Waals surface area contributed by atoms with E-state index in [4.69, 9.17) is 9.47 Å². The zero-order valence-corrected chi connectivity index (χ0v) is 23.3. The van der Waals surface area contributed by atoms with E-state index < -0.39 is 45.9 Å². The van der Waals surface area contributed by atoms with Crippen molar-refractivity contribution >= 4 is 44.2 Å².